The van der Waals surface area contributed by atoms with Gasteiger partial charge < -0.3 is 10.2 Å². The summed E-state index contributed by atoms with van der Waals surface area (Å²) in [7, 11) is 0. The number of carbonyl (C=O) groups is 2. The fourth-order valence-corrected chi connectivity index (χ4v) is 5.65. The van der Waals surface area contributed by atoms with Crippen LogP contribution in [0.15, 0.2) is 41.8 Å². The van der Waals surface area contributed by atoms with Crippen molar-refractivity contribution in [3.63, 3.8) is 0 Å². The molecule has 1 saturated heterocycles. The van der Waals surface area contributed by atoms with Crippen molar-refractivity contribution in [2.45, 2.75) is 43.9 Å². The number of hydrogen-bond acceptors (Lipinski definition) is 3. The van der Waals surface area contributed by atoms with Crippen LogP contribution in [0.1, 0.15) is 53.8 Å². The Morgan fingerprint density at radius 3 is 2.48 bits per heavy atom. The van der Waals surface area contributed by atoms with Crippen molar-refractivity contribution < 1.29 is 14.0 Å². The molecule has 4 rings (SSSR count). The molecule has 1 saturated carbocycles. The van der Waals surface area contributed by atoms with Crippen LogP contribution in [-0.2, 0) is 10.2 Å². The molecule has 2 amide bonds. The maximum atomic E-state index is 13.9. The Labute approximate surface area is 175 Å². The van der Waals surface area contributed by atoms with Crippen LogP contribution in [0.5, 0.6) is 0 Å². The predicted octanol–water partition coefficient (Wildman–Crippen LogP) is 4.37. The first-order valence-electron chi connectivity index (χ1n) is 10.5. The molecule has 2 aliphatic rings. The number of benzene rings is 1. The molecule has 2 aromatic rings. The van der Waals surface area contributed by atoms with Crippen molar-refractivity contribution in [1.29, 1.82) is 0 Å². The van der Waals surface area contributed by atoms with E-state index < -0.39 is 5.82 Å². The van der Waals surface area contributed by atoms with E-state index in [0.29, 0.717) is 25.6 Å². The molecule has 0 bridgehead atoms. The zero-order chi connectivity index (χ0) is 20.3. The second-order valence-electron chi connectivity index (χ2n) is 8.19. The summed E-state index contributed by atoms with van der Waals surface area (Å²) in [6.45, 7) is 1.85. The molecule has 154 valence electrons. The molecule has 0 atom stereocenters. The Morgan fingerprint density at radius 2 is 1.83 bits per heavy atom. The number of nitrogens with one attached hydrogen (secondary N) is 1. The average molecular weight is 415 g/mol. The van der Waals surface area contributed by atoms with Gasteiger partial charge in [-0.1, -0.05) is 31.0 Å². The number of amides is 2. The lowest BCUT2D eigenvalue weighted by atomic mass is 9.83. The fourth-order valence-electron chi connectivity index (χ4n) is 4.67. The Morgan fingerprint density at radius 1 is 1.10 bits per heavy atom. The van der Waals surface area contributed by atoms with Crippen LogP contribution >= 0.6 is 11.3 Å². The van der Waals surface area contributed by atoms with Gasteiger partial charge in [0.15, 0.2) is 0 Å². The number of hydrogen-bond donors (Lipinski definition) is 1. The highest BCUT2D eigenvalue weighted by Crippen LogP contribution is 2.43. The van der Waals surface area contributed by atoms with Crippen molar-refractivity contribution in [1.82, 2.24) is 10.2 Å². The highest BCUT2D eigenvalue weighted by atomic mass is 32.1. The summed E-state index contributed by atoms with van der Waals surface area (Å²) in [6, 6.07) is 10.2. The van der Waals surface area contributed by atoms with Crippen molar-refractivity contribution in [2.75, 3.05) is 19.6 Å². The third-order valence-corrected chi connectivity index (χ3v) is 7.52. The van der Waals surface area contributed by atoms with Crippen LogP contribution in [0, 0.1) is 11.7 Å². The minimum atomic E-state index is -0.470. The van der Waals surface area contributed by atoms with Gasteiger partial charge in [-0.15, -0.1) is 11.3 Å². The van der Waals surface area contributed by atoms with E-state index in [1.54, 1.807) is 28.4 Å². The van der Waals surface area contributed by atoms with E-state index >= 15 is 0 Å². The van der Waals surface area contributed by atoms with E-state index in [1.807, 2.05) is 11.4 Å². The second-order valence-corrected chi connectivity index (χ2v) is 9.14. The van der Waals surface area contributed by atoms with E-state index in [1.165, 1.54) is 17.0 Å². The standard InChI is InChI=1S/C23H27FN2O2S/c24-19-7-2-1-6-18(19)21(27)26-13-9-17(10-14-26)16-25-22(28)23(11-3-4-12-23)20-8-5-15-29-20/h1-2,5-8,15,17H,3-4,9-14,16H2,(H,25,28). The lowest BCUT2D eigenvalue weighted by Gasteiger charge is -2.33. The zero-order valence-corrected chi connectivity index (χ0v) is 17.3. The third-order valence-electron chi connectivity index (χ3n) is 6.44. The van der Waals surface area contributed by atoms with Crippen molar-refractivity contribution in [3.8, 4) is 0 Å². The van der Waals surface area contributed by atoms with Gasteiger partial charge in [0.25, 0.3) is 5.91 Å². The van der Waals surface area contributed by atoms with Crippen molar-refractivity contribution in [2.24, 2.45) is 5.92 Å². The molecule has 0 spiro atoms. The smallest absolute Gasteiger partial charge is 0.256 e. The van der Waals surface area contributed by atoms with Gasteiger partial charge >= 0.3 is 0 Å². The summed E-state index contributed by atoms with van der Waals surface area (Å²) in [5.74, 6) is -0.205. The van der Waals surface area contributed by atoms with Gasteiger partial charge in [0.2, 0.25) is 5.91 Å². The van der Waals surface area contributed by atoms with E-state index in [0.717, 1.165) is 38.5 Å². The monoisotopic (exact) mass is 414 g/mol. The number of likely N-dealkylation sites (tertiary alicyclic amines) is 1. The topological polar surface area (TPSA) is 49.4 Å². The summed E-state index contributed by atoms with van der Waals surface area (Å²) < 4.78 is 13.9. The van der Waals surface area contributed by atoms with Crippen molar-refractivity contribution in [3.05, 3.63) is 58.0 Å². The van der Waals surface area contributed by atoms with Crippen LogP contribution in [0.3, 0.4) is 0 Å². The number of thiophene rings is 1. The molecule has 0 radical (unpaired) electrons. The maximum Gasteiger partial charge on any atom is 0.256 e. The van der Waals surface area contributed by atoms with Gasteiger partial charge in [-0.05, 0) is 55.2 Å². The summed E-state index contributed by atoms with van der Waals surface area (Å²) in [4.78, 5) is 28.6. The number of carbonyl (C=O) groups excluding carboxylic acids is 2. The Balaban J connectivity index is 1.31. The molecule has 1 aliphatic heterocycles. The highest BCUT2D eigenvalue weighted by molar-refractivity contribution is 7.10. The van der Waals surface area contributed by atoms with Gasteiger partial charge in [0, 0.05) is 24.5 Å². The first kappa shape index (κ1) is 20.1. The van der Waals surface area contributed by atoms with Gasteiger partial charge in [-0.25, -0.2) is 4.39 Å². The molecule has 1 aromatic carbocycles. The molecular formula is C23H27FN2O2S. The maximum absolute atomic E-state index is 13.9. The zero-order valence-electron chi connectivity index (χ0n) is 16.5. The summed E-state index contributed by atoms with van der Waals surface area (Å²) in [5, 5.41) is 5.26. The van der Waals surface area contributed by atoms with Crippen LogP contribution in [0.2, 0.25) is 0 Å². The summed E-state index contributed by atoms with van der Waals surface area (Å²) in [6.07, 6.45) is 5.70. The molecule has 2 fully saturated rings. The Bertz CT molecular complexity index is 854. The van der Waals surface area contributed by atoms with E-state index in [9.17, 15) is 14.0 Å². The van der Waals surface area contributed by atoms with Crippen LogP contribution in [0.25, 0.3) is 0 Å². The first-order valence-corrected chi connectivity index (χ1v) is 11.3. The molecule has 1 N–H and O–H groups in total. The minimum absolute atomic E-state index is 0.137. The molecule has 2 heterocycles. The lowest BCUT2D eigenvalue weighted by Crippen LogP contribution is -2.46. The van der Waals surface area contributed by atoms with E-state index in [2.05, 4.69) is 11.4 Å². The largest absolute Gasteiger partial charge is 0.355 e. The second kappa shape index (κ2) is 8.66. The molecule has 29 heavy (non-hydrogen) atoms. The minimum Gasteiger partial charge on any atom is -0.355 e. The van der Waals surface area contributed by atoms with Gasteiger partial charge in [0.1, 0.15) is 5.82 Å². The Kier molecular flexibility index (Phi) is 5.99. The number of halogens is 1. The quantitative estimate of drug-likeness (QED) is 0.790. The predicted molar refractivity (Wildman–Crippen MR) is 113 cm³/mol. The van der Waals surface area contributed by atoms with Gasteiger partial charge in [-0.3, -0.25) is 9.59 Å². The highest BCUT2D eigenvalue weighted by Gasteiger charge is 2.43. The van der Waals surface area contributed by atoms with E-state index in [4.69, 9.17) is 0 Å². The van der Waals surface area contributed by atoms with Gasteiger partial charge in [0.05, 0.1) is 11.0 Å². The van der Waals surface area contributed by atoms with E-state index in [-0.39, 0.29) is 22.8 Å². The summed E-state index contributed by atoms with van der Waals surface area (Å²) in [5.41, 5.74) is -0.214. The van der Waals surface area contributed by atoms with Crippen LogP contribution in [0.4, 0.5) is 4.39 Å². The molecule has 1 aliphatic carbocycles. The lowest BCUT2D eigenvalue weighted by molar-refractivity contribution is -0.126. The first-order chi connectivity index (χ1) is 14.1. The normalized spacial score (nSPS) is 19.3. The molecular weight excluding hydrogens is 387 g/mol. The summed E-state index contributed by atoms with van der Waals surface area (Å²) >= 11 is 1.68. The number of nitrogens with zero attached hydrogens (tertiary/aromatic N) is 1. The molecule has 1 aromatic heterocycles. The van der Waals surface area contributed by atoms with Crippen molar-refractivity contribution >= 4 is 23.2 Å². The molecule has 6 heteroatoms. The number of piperidine rings is 1. The SMILES string of the molecule is O=C(c1ccccc1F)N1CCC(CNC(=O)C2(c3cccs3)CCCC2)CC1. The fraction of sp³-hybridized carbons (Fsp3) is 0.478. The van der Waals surface area contributed by atoms with Gasteiger partial charge in [-0.2, -0.15) is 0 Å². The molecule has 4 nitrogen and oxygen atoms in total. The molecule has 0 unspecified atom stereocenters. The number of rotatable bonds is 5. The van der Waals surface area contributed by atoms with Crippen LogP contribution < -0.4 is 5.32 Å². The average Bonchev–Trinajstić information content (AvgIpc) is 3.45. The third kappa shape index (κ3) is 4.08. The Hall–Kier alpha value is -2.21. The van der Waals surface area contributed by atoms with Crippen LogP contribution in [-0.4, -0.2) is 36.3 Å².